The maximum absolute atomic E-state index is 13.0. The van der Waals surface area contributed by atoms with Crippen LogP contribution in [0.1, 0.15) is 25.0 Å². The second-order valence-corrected chi connectivity index (χ2v) is 5.43. The van der Waals surface area contributed by atoms with Crippen LogP contribution in [-0.2, 0) is 4.79 Å². The molecule has 4 heteroatoms. The number of ether oxygens (including phenoxy) is 1. The van der Waals surface area contributed by atoms with Gasteiger partial charge in [-0.15, -0.1) is 0 Å². The van der Waals surface area contributed by atoms with Crippen molar-refractivity contribution in [2.24, 2.45) is 0 Å². The first-order valence-electron chi connectivity index (χ1n) is 6.77. The lowest BCUT2D eigenvalue weighted by Crippen LogP contribution is -2.37. The largest absolute Gasteiger partial charge is 0.478 e. The Morgan fingerprint density at radius 1 is 1.14 bits per heavy atom. The summed E-state index contributed by atoms with van der Waals surface area (Å²) in [6, 6.07) is 13.0. The van der Waals surface area contributed by atoms with Crippen molar-refractivity contribution in [3.8, 4) is 5.75 Å². The third kappa shape index (κ3) is 3.52. The Bertz CT molecular complexity index is 703. The summed E-state index contributed by atoms with van der Waals surface area (Å²) in [5, 5.41) is 9.11. The molecule has 0 fully saturated rings. The van der Waals surface area contributed by atoms with E-state index in [1.165, 1.54) is 26.0 Å². The van der Waals surface area contributed by atoms with Crippen molar-refractivity contribution in [1.29, 1.82) is 0 Å². The standard InChI is InChI=1S/C18H17FO3/c1-12(13-7-9-15(19)10-8-13)14-5-4-6-16(11-14)22-18(2,3)17(20)21/h4-11H,1H2,2-3H3,(H,20,21). The highest BCUT2D eigenvalue weighted by molar-refractivity contribution is 5.79. The van der Waals surface area contributed by atoms with Gasteiger partial charge in [-0.3, -0.25) is 0 Å². The molecule has 0 atom stereocenters. The van der Waals surface area contributed by atoms with E-state index in [9.17, 15) is 9.18 Å². The van der Waals surface area contributed by atoms with Gasteiger partial charge in [0.2, 0.25) is 0 Å². The molecule has 0 radical (unpaired) electrons. The van der Waals surface area contributed by atoms with Crippen molar-refractivity contribution in [3.05, 3.63) is 72.1 Å². The van der Waals surface area contributed by atoms with Crippen LogP contribution in [0.4, 0.5) is 4.39 Å². The zero-order valence-corrected chi connectivity index (χ0v) is 12.5. The maximum atomic E-state index is 13.0. The number of halogens is 1. The Morgan fingerprint density at radius 3 is 2.36 bits per heavy atom. The summed E-state index contributed by atoms with van der Waals surface area (Å²) in [7, 11) is 0. The molecule has 0 spiro atoms. The van der Waals surface area contributed by atoms with Crippen molar-refractivity contribution < 1.29 is 19.0 Å². The van der Waals surface area contributed by atoms with Gasteiger partial charge < -0.3 is 9.84 Å². The zero-order chi connectivity index (χ0) is 16.3. The van der Waals surface area contributed by atoms with Gasteiger partial charge in [-0.25, -0.2) is 9.18 Å². The monoisotopic (exact) mass is 300 g/mol. The summed E-state index contributed by atoms with van der Waals surface area (Å²) in [4.78, 5) is 11.1. The van der Waals surface area contributed by atoms with Gasteiger partial charge in [0.25, 0.3) is 0 Å². The van der Waals surface area contributed by atoms with Crippen LogP contribution in [0.3, 0.4) is 0 Å². The first kappa shape index (κ1) is 15.8. The Hall–Kier alpha value is -2.62. The number of aliphatic carboxylic acids is 1. The Kier molecular flexibility index (Phi) is 4.31. The van der Waals surface area contributed by atoms with Crippen LogP contribution in [0.15, 0.2) is 55.1 Å². The zero-order valence-electron chi connectivity index (χ0n) is 12.5. The van der Waals surface area contributed by atoms with Crippen LogP contribution < -0.4 is 4.74 Å². The number of carboxylic acids is 1. The Balaban J connectivity index is 2.26. The SMILES string of the molecule is C=C(c1ccc(F)cc1)c1cccc(OC(C)(C)C(=O)O)c1. The maximum Gasteiger partial charge on any atom is 0.347 e. The molecule has 22 heavy (non-hydrogen) atoms. The van der Waals surface area contributed by atoms with E-state index in [-0.39, 0.29) is 5.82 Å². The van der Waals surface area contributed by atoms with Gasteiger partial charge in [0.15, 0.2) is 5.60 Å². The Labute approximate surface area is 128 Å². The lowest BCUT2D eigenvalue weighted by molar-refractivity contribution is -0.152. The summed E-state index contributed by atoms with van der Waals surface area (Å²) >= 11 is 0. The van der Waals surface area contributed by atoms with Crippen molar-refractivity contribution in [1.82, 2.24) is 0 Å². The fraction of sp³-hybridized carbons (Fsp3) is 0.167. The molecule has 0 unspecified atom stereocenters. The molecule has 0 bridgehead atoms. The minimum Gasteiger partial charge on any atom is -0.478 e. The highest BCUT2D eigenvalue weighted by Gasteiger charge is 2.29. The molecule has 0 aliphatic rings. The highest BCUT2D eigenvalue weighted by atomic mass is 19.1. The molecule has 0 aliphatic carbocycles. The van der Waals surface area contributed by atoms with Gasteiger partial charge in [-0.2, -0.15) is 0 Å². The van der Waals surface area contributed by atoms with Gasteiger partial charge >= 0.3 is 5.97 Å². The summed E-state index contributed by atoms with van der Waals surface area (Å²) in [6.45, 7) is 6.97. The first-order chi connectivity index (χ1) is 10.3. The van der Waals surface area contributed by atoms with Gasteiger partial charge in [-0.1, -0.05) is 30.8 Å². The minimum absolute atomic E-state index is 0.308. The number of carbonyl (C=O) groups is 1. The summed E-state index contributed by atoms with van der Waals surface area (Å²) < 4.78 is 18.5. The molecular formula is C18H17FO3. The van der Waals surface area contributed by atoms with Gasteiger partial charge in [0.05, 0.1) is 0 Å². The van der Waals surface area contributed by atoms with Crippen LogP contribution in [0.5, 0.6) is 5.75 Å². The van der Waals surface area contributed by atoms with Crippen LogP contribution >= 0.6 is 0 Å². The quantitative estimate of drug-likeness (QED) is 0.903. The lowest BCUT2D eigenvalue weighted by atomic mass is 9.99. The van der Waals surface area contributed by atoms with E-state index in [4.69, 9.17) is 9.84 Å². The molecule has 0 aliphatic heterocycles. The number of hydrogen-bond donors (Lipinski definition) is 1. The van der Waals surface area contributed by atoms with Crippen LogP contribution in [0.2, 0.25) is 0 Å². The summed E-state index contributed by atoms with van der Waals surface area (Å²) in [5.41, 5.74) is 0.954. The summed E-state index contributed by atoms with van der Waals surface area (Å²) in [5.74, 6) is -0.916. The average molecular weight is 300 g/mol. The number of hydrogen-bond acceptors (Lipinski definition) is 2. The summed E-state index contributed by atoms with van der Waals surface area (Å²) in [6.07, 6.45) is 0. The molecule has 0 aromatic heterocycles. The molecule has 2 aromatic carbocycles. The molecule has 0 amide bonds. The first-order valence-corrected chi connectivity index (χ1v) is 6.77. The topological polar surface area (TPSA) is 46.5 Å². The number of benzene rings is 2. The Morgan fingerprint density at radius 2 is 1.77 bits per heavy atom. The predicted molar refractivity (Wildman–Crippen MR) is 83.3 cm³/mol. The second-order valence-electron chi connectivity index (χ2n) is 5.43. The van der Waals surface area contributed by atoms with E-state index >= 15 is 0 Å². The normalized spacial score (nSPS) is 11.0. The molecule has 114 valence electrons. The molecule has 1 N–H and O–H groups in total. The lowest BCUT2D eigenvalue weighted by Gasteiger charge is -2.22. The van der Waals surface area contributed by atoms with E-state index in [1.807, 2.05) is 6.07 Å². The third-order valence-electron chi connectivity index (χ3n) is 3.26. The fourth-order valence-corrected chi connectivity index (χ4v) is 1.90. The van der Waals surface area contributed by atoms with Crippen LogP contribution in [0, 0.1) is 5.82 Å². The molecule has 0 heterocycles. The number of rotatable bonds is 5. The van der Waals surface area contributed by atoms with E-state index in [2.05, 4.69) is 6.58 Å². The van der Waals surface area contributed by atoms with Crippen molar-refractivity contribution >= 4 is 11.5 Å². The van der Waals surface area contributed by atoms with Crippen molar-refractivity contribution in [2.75, 3.05) is 0 Å². The van der Waals surface area contributed by atoms with E-state index in [0.29, 0.717) is 11.3 Å². The van der Waals surface area contributed by atoms with Gasteiger partial charge in [-0.05, 0) is 54.8 Å². The van der Waals surface area contributed by atoms with Crippen molar-refractivity contribution in [2.45, 2.75) is 19.4 Å². The predicted octanol–water partition coefficient (Wildman–Crippen LogP) is 4.13. The van der Waals surface area contributed by atoms with Gasteiger partial charge in [0, 0.05) is 0 Å². The fourth-order valence-electron chi connectivity index (χ4n) is 1.90. The van der Waals surface area contributed by atoms with Crippen molar-refractivity contribution in [3.63, 3.8) is 0 Å². The number of carboxylic acid groups (broad SMARTS) is 1. The smallest absolute Gasteiger partial charge is 0.347 e. The van der Waals surface area contributed by atoms with Crippen LogP contribution in [-0.4, -0.2) is 16.7 Å². The molecule has 2 rings (SSSR count). The van der Waals surface area contributed by atoms with Crippen LogP contribution in [0.25, 0.3) is 5.57 Å². The van der Waals surface area contributed by atoms with E-state index < -0.39 is 11.6 Å². The average Bonchev–Trinajstić information content (AvgIpc) is 2.47. The molecule has 3 nitrogen and oxygen atoms in total. The van der Waals surface area contributed by atoms with E-state index in [1.54, 1.807) is 30.3 Å². The second kappa shape index (κ2) is 6.02. The molecule has 0 saturated heterocycles. The highest BCUT2D eigenvalue weighted by Crippen LogP contribution is 2.27. The third-order valence-corrected chi connectivity index (χ3v) is 3.26. The molecule has 0 saturated carbocycles. The minimum atomic E-state index is -1.32. The van der Waals surface area contributed by atoms with Gasteiger partial charge in [0.1, 0.15) is 11.6 Å². The molecule has 2 aromatic rings. The molecular weight excluding hydrogens is 283 g/mol. The van der Waals surface area contributed by atoms with E-state index in [0.717, 1.165) is 11.1 Å².